The van der Waals surface area contributed by atoms with E-state index in [1.54, 1.807) is 29.9 Å². The molecule has 0 unspecified atom stereocenters. The number of aryl methyl sites for hydroxylation is 1. The van der Waals surface area contributed by atoms with E-state index < -0.39 is 12.3 Å². The number of hydrogen-bond acceptors (Lipinski definition) is 1. The van der Waals surface area contributed by atoms with Crippen LogP contribution in [0.2, 0.25) is 0 Å². The number of aliphatic hydroxyl groups excluding tert-OH is 1. The van der Waals surface area contributed by atoms with Crippen molar-refractivity contribution in [1.29, 1.82) is 0 Å². The molecule has 16 heavy (non-hydrogen) atoms. The summed E-state index contributed by atoms with van der Waals surface area (Å²) in [6.07, 6.45) is -5.40. The van der Waals surface area contributed by atoms with Gasteiger partial charge in [-0.1, -0.05) is 12.1 Å². The van der Waals surface area contributed by atoms with Crippen LogP contribution in [0.3, 0.4) is 0 Å². The average molecular weight is 229 g/mol. The van der Waals surface area contributed by atoms with Gasteiger partial charge in [-0.25, -0.2) is 0 Å². The summed E-state index contributed by atoms with van der Waals surface area (Å²) in [6, 6.07) is 6.08. The molecule has 0 amide bonds. The topological polar surface area (TPSA) is 25.2 Å². The first kappa shape index (κ1) is 11.0. The van der Waals surface area contributed by atoms with E-state index in [0.29, 0.717) is 10.9 Å². The van der Waals surface area contributed by atoms with Gasteiger partial charge in [0, 0.05) is 24.1 Å². The van der Waals surface area contributed by atoms with Crippen LogP contribution >= 0.6 is 0 Å². The van der Waals surface area contributed by atoms with E-state index in [2.05, 4.69) is 0 Å². The first-order valence-electron chi connectivity index (χ1n) is 4.70. The number of fused-ring (bicyclic) bond motifs is 1. The maximum absolute atomic E-state index is 12.4. The highest BCUT2D eigenvalue weighted by atomic mass is 19.4. The van der Waals surface area contributed by atoms with E-state index in [4.69, 9.17) is 0 Å². The quantitative estimate of drug-likeness (QED) is 0.799. The lowest BCUT2D eigenvalue weighted by atomic mass is 10.0. The number of alkyl halides is 3. The lowest BCUT2D eigenvalue weighted by Gasteiger charge is -2.15. The third-order valence-corrected chi connectivity index (χ3v) is 2.57. The molecule has 0 saturated carbocycles. The molecule has 5 heteroatoms. The van der Waals surface area contributed by atoms with Crippen LogP contribution in [0.1, 0.15) is 11.7 Å². The van der Waals surface area contributed by atoms with E-state index in [-0.39, 0.29) is 5.56 Å². The minimum absolute atomic E-state index is 0.106. The smallest absolute Gasteiger partial charge is 0.379 e. The fourth-order valence-electron chi connectivity index (χ4n) is 1.74. The van der Waals surface area contributed by atoms with E-state index in [1.165, 1.54) is 12.1 Å². The molecule has 1 aromatic carbocycles. The molecule has 1 aromatic heterocycles. The molecule has 86 valence electrons. The fraction of sp³-hybridized carbons (Fsp3) is 0.273. The number of hydrogen-bond donors (Lipinski definition) is 1. The van der Waals surface area contributed by atoms with Crippen molar-refractivity contribution >= 4 is 10.9 Å². The van der Waals surface area contributed by atoms with E-state index in [9.17, 15) is 18.3 Å². The van der Waals surface area contributed by atoms with Crippen LogP contribution in [0.5, 0.6) is 0 Å². The lowest BCUT2D eigenvalue weighted by molar-refractivity contribution is -0.206. The molecule has 0 bridgehead atoms. The highest BCUT2D eigenvalue weighted by molar-refractivity contribution is 5.84. The Bertz CT molecular complexity index is 515. The molecule has 1 atom stereocenters. The van der Waals surface area contributed by atoms with Gasteiger partial charge < -0.3 is 9.67 Å². The molecular weight excluding hydrogens is 219 g/mol. The van der Waals surface area contributed by atoms with Gasteiger partial charge in [0.25, 0.3) is 0 Å². The summed E-state index contributed by atoms with van der Waals surface area (Å²) in [7, 11) is 1.74. The second-order valence-electron chi connectivity index (χ2n) is 3.65. The highest BCUT2D eigenvalue weighted by Gasteiger charge is 2.40. The Kier molecular flexibility index (Phi) is 2.42. The third-order valence-electron chi connectivity index (χ3n) is 2.57. The van der Waals surface area contributed by atoms with Crippen molar-refractivity contribution in [2.45, 2.75) is 12.3 Å². The molecule has 0 saturated heterocycles. The molecule has 0 aliphatic carbocycles. The van der Waals surface area contributed by atoms with Gasteiger partial charge in [0.2, 0.25) is 0 Å². The monoisotopic (exact) mass is 229 g/mol. The van der Waals surface area contributed by atoms with Crippen molar-refractivity contribution in [2.75, 3.05) is 0 Å². The summed E-state index contributed by atoms with van der Waals surface area (Å²) in [5.41, 5.74) is 0.561. The SMILES string of the molecule is Cn1ccc2c([C@H](O)C(F)(F)F)cccc21. The maximum atomic E-state index is 12.4. The highest BCUT2D eigenvalue weighted by Crippen LogP contribution is 2.35. The van der Waals surface area contributed by atoms with Gasteiger partial charge in [0.05, 0.1) is 0 Å². The Morgan fingerprint density at radius 1 is 1.25 bits per heavy atom. The molecule has 1 N–H and O–H groups in total. The van der Waals surface area contributed by atoms with E-state index in [1.807, 2.05) is 0 Å². The largest absolute Gasteiger partial charge is 0.418 e. The van der Waals surface area contributed by atoms with Gasteiger partial charge in [0.1, 0.15) is 0 Å². The zero-order chi connectivity index (χ0) is 11.9. The fourth-order valence-corrected chi connectivity index (χ4v) is 1.74. The van der Waals surface area contributed by atoms with Gasteiger partial charge in [-0.05, 0) is 17.7 Å². The van der Waals surface area contributed by atoms with E-state index >= 15 is 0 Å². The predicted molar refractivity (Wildman–Crippen MR) is 53.9 cm³/mol. The van der Waals surface area contributed by atoms with Crippen molar-refractivity contribution < 1.29 is 18.3 Å². The normalized spacial score (nSPS) is 14.3. The number of benzene rings is 1. The Labute approximate surface area is 89.9 Å². The van der Waals surface area contributed by atoms with Crippen molar-refractivity contribution in [2.24, 2.45) is 7.05 Å². The molecule has 1 heterocycles. The Hall–Kier alpha value is -1.49. The van der Waals surface area contributed by atoms with Gasteiger partial charge in [-0.2, -0.15) is 13.2 Å². The van der Waals surface area contributed by atoms with Crippen LogP contribution in [0.4, 0.5) is 13.2 Å². The molecule has 0 aliphatic heterocycles. The van der Waals surface area contributed by atoms with Crippen LogP contribution < -0.4 is 0 Å². The summed E-state index contributed by atoms with van der Waals surface area (Å²) in [6.45, 7) is 0. The number of aliphatic hydroxyl groups is 1. The Morgan fingerprint density at radius 2 is 1.94 bits per heavy atom. The van der Waals surface area contributed by atoms with Gasteiger partial charge in [-0.15, -0.1) is 0 Å². The van der Waals surface area contributed by atoms with Crippen LogP contribution in [-0.2, 0) is 7.05 Å². The summed E-state index contributed by atoms with van der Waals surface area (Å²) >= 11 is 0. The third kappa shape index (κ3) is 1.67. The Morgan fingerprint density at radius 3 is 2.56 bits per heavy atom. The zero-order valence-electron chi connectivity index (χ0n) is 8.49. The molecular formula is C11H10F3NO. The van der Waals surface area contributed by atoms with Crippen LogP contribution in [0.15, 0.2) is 30.5 Å². The average Bonchev–Trinajstić information content (AvgIpc) is 2.58. The molecule has 0 fully saturated rings. The molecule has 2 rings (SSSR count). The zero-order valence-corrected chi connectivity index (χ0v) is 8.49. The molecule has 0 aliphatic rings. The van der Waals surface area contributed by atoms with E-state index in [0.717, 1.165) is 0 Å². The molecule has 2 nitrogen and oxygen atoms in total. The molecule has 2 aromatic rings. The number of nitrogens with zero attached hydrogens (tertiary/aromatic N) is 1. The van der Waals surface area contributed by atoms with Crippen LogP contribution in [0, 0.1) is 0 Å². The summed E-state index contributed by atoms with van der Waals surface area (Å²) < 4.78 is 38.9. The Balaban J connectivity index is 2.61. The van der Waals surface area contributed by atoms with Crippen LogP contribution in [-0.4, -0.2) is 15.8 Å². The van der Waals surface area contributed by atoms with Crippen molar-refractivity contribution in [3.05, 3.63) is 36.0 Å². The minimum Gasteiger partial charge on any atom is -0.379 e. The van der Waals surface area contributed by atoms with Crippen molar-refractivity contribution in [1.82, 2.24) is 4.57 Å². The van der Waals surface area contributed by atoms with Gasteiger partial charge in [-0.3, -0.25) is 0 Å². The lowest BCUT2D eigenvalue weighted by Crippen LogP contribution is -2.20. The number of halogens is 3. The number of rotatable bonds is 1. The predicted octanol–water partition coefficient (Wildman–Crippen LogP) is 2.77. The molecule has 0 radical (unpaired) electrons. The van der Waals surface area contributed by atoms with Crippen molar-refractivity contribution in [3.8, 4) is 0 Å². The van der Waals surface area contributed by atoms with Gasteiger partial charge in [0.15, 0.2) is 6.10 Å². The second-order valence-corrected chi connectivity index (χ2v) is 3.65. The van der Waals surface area contributed by atoms with Gasteiger partial charge >= 0.3 is 6.18 Å². The van der Waals surface area contributed by atoms with Crippen molar-refractivity contribution in [3.63, 3.8) is 0 Å². The summed E-state index contributed by atoms with van der Waals surface area (Å²) in [4.78, 5) is 0. The van der Waals surface area contributed by atoms with Crippen LogP contribution in [0.25, 0.3) is 10.9 Å². The summed E-state index contributed by atoms with van der Waals surface area (Å²) in [5, 5.41) is 9.66. The maximum Gasteiger partial charge on any atom is 0.418 e. The first-order chi connectivity index (χ1) is 7.41. The first-order valence-corrected chi connectivity index (χ1v) is 4.70. The summed E-state index contributed by atoms with van der Waals surface area (Å²) in [5.74, 6) is 0. The molecule has 0 spiro atoms. The standard InChI is InChI=1S/C11H10F3NO/c1-15-6-5-7-8(3-2-4-9(7)15)10(16)11(12,13)14/h2-6,10,16H,1H3/t10-/m0/s1. The number of aromatic nitrogens is 1. The minimum atomic E-state index is -4.63. The second kappa shape index (κ2) is 3.52.